The van der Waals surface area contributed by atoms with Gasteiger partial charge in [0.25, 0.3) is 11.8 Å². The fraction of sp³-hybridized carbons (Fsp3) is 0.614. The van der Waals surface area contributed by atoms with Crippen molar-refractivity contribution in [2.45, 2.75) is 185 Å². The van der Waals surface area contributed by atoms with Gasteiger partial charge in [-0.2, -0.15) is 0 Å². The van der Waals surface area contributed by atoms with Crippen LogP contribution in [0.5, 0.6) is 0 Å². The summed E-state index contributed by atoms with van der Waals surface area (Å²) in [5.74, 6) is -3.74. The molecule has 7 rings (SSSR count). The van der Waals surface area contributed by atoms with Gasteiger partial charge in [0.1, 0.15) is 98.5 Å². The van der Waals surface area contributed by atoms with Crippen LogP contribution in [-0.4, -0.2) is 231 Å². The van der Waals surface area contributed by atoms with Crippen molar-refractivity contribution < 1.29 is 170 Å². The van der Waals surface area contributed by atoms with E-state index in [9.17, 15) is 59.4 Å². The van der Waals surface area contributed by atoms with Crippen LogP contribution in [0.4, 0.5) is 0 Å². The number of esters is 2. The molecule has 516 valence electrons. The Hall–Kier alpha value is -2.82. The normalized spacial score (nSPS) is 30.5. The molecule has 4 fully saturated rings. The zero-order valence-electron chi connectivity index (χ0n) is 50.7. The maximum atomic E-state index is 13.1. The van der Waals surface area contributed by atoms with Crippen molar-refractivity contribution in [2.24, 2.45) is 5.73 Å². The van der Waals surface area contributed by atoms with Crippen molar-refractivity contribution in [2.75, 3.05) is 41.7 Å². The Bertz CT molecular complexity index is 2750. The number of ether oxygens (including phenoxy) is 12. The molecule has 0 saturated carbocycles. The predicted molar refractivity (Wildman–Crippen MR) is 334 cm³/mol. The third kappa shape index (κ3) is 24.6. The molecule has 3 aromatic rings. The SMILES string of the molecule is C.C.C=C(C)C(=O)OCC1OC(OC)[C@@H](NC(C)=O)[C@@H](OC2OC(C(=O)NCc3ccc(I)s3)[C@@H](OC)[C@H](O)[C@@H]2O)[C@@H]1O.C=C(C)C(=O)OCC1OC(OC)[C@@H](NC(C)=O)[C@@H](OC2OC(C(=O)NCc3cccs3)[C@@H](OC)[C@H](O)[C@@H]2O)[C@@H]1O.NCc1cccs1.[I-].[Na+]. The summed E-state index contributed by atoms with van der Waals surface area (Å²) in [6, 6.07) is 9.18. The number of rotatable bonds is 23. The van der Waals surface area contributed by atoms with Gasteiger partial charge >= 0.3 is 41.5 Å². The molecule has 0 aromatic carbocycles. The standard InChI is InChI=1S/C25H35IN2O12S.C25H36N2O12S.C5H7NS.2CH4.HI.Na/c1-10(2)23(34)37-9-13-16(30)19(15(28-11(3)29)24(36-5)38-13)39-25-18(32)17(31)20(35-4)21(40-25)22(33)27-8-12-6-7-14(26)41-12;1-11(2)23(33)36-10-14-16(29)19(15(27-12(3)28)24(35-5)37-14)38-25-18(31)17(30)20(34-4)21(39-25)22(32)26-9-13-7-6-8-40-13;6-4-5-2-1-3-7-5;;;;/h6-7,13,15-21,24-25,30-32H,1,8-9H2,2-5H3,(H,27,33)(H,28,29);6-8,14-21,24-25,29-31H,1,9-10H2,2-5H3,(H,26,32)(H,27,28);1-3H,4,6H2;2*1H4;1H;/q;;;;;;+1/p-1/t13?,15-,16+,17+,18-,19+,20-,21?,24?,25?;14?,15-,16+,17+,18-,19+,20-,21?,24?,25?;;;;;/m00...../s1. The quantitative estimate of drug-likeness (QED) is 0.0182. The van der Waals surface area contributed by atoms with E-state index in [4.69, 9.17) is 62.6 Å². The second-order valence-corrected chi connectivity index (χ2v) is 25.3. The molecule has 35 heteroatoms. The smallest absolute Gasteiger partial charge is 1.00 e. The number of aliphatic hydroxyl groups excluding tert-OH is 6. The van der Waals surface area contributed by atoms with Gasteiger partial charge in [-0.15, -0.1) is 34.0 Å². The summed E-state index contributed by atoms with van der Waals surface area (Å²) < 4.78 is 67.4. The summed E-state index contributed by atoms with van der Waals surface area (Å²) in [7, 11) is 5.08. The van der Waals surface area contributed by atoms with Gasteiger partial charge in [-0.1, -0.05) is 40.1 Å². The Balaban J connectivity index is 0.000000797. The van der Waals surface area contributed by atoms with E-state index in [2.05, 4.69) is 57.0 Å². The summed E-state index contributed by atoms with van der Waals surface area (Å²) >= 11 is 6.78. The van der Waals surface area contributed by atoms with Crippen LogP contribution in [-0.2, 0) is 105 Å². The van der Waals surface area contributed by atoms with Crippen LogP contribution in [0.1, 0.15) is 57.2 Å². The number of methoxy groups -OCH3 is 4. The van der Waals surface area contributed by atoms with Crippen molar-refractivity contribution in [1.29, 1.82) is 0 Å². The maximum absolute atomic E-state index is 13.1. The number of amides is 4. The fourth-order valence-corrected chi connectivity index (χ4v) is 12.1. The molecule has 4 aliphatic rings. The van der Waals surface area contributed by atoms with E-state index in [1.807, 2.05) is 47.2 Å². The van der Waals surface area contributed by atoms with Gasteiger partial charge in [0.2, 0.25) is 11.8 Å². The number of hydrogen-bond donors (Lipinski definition) is 11. The molecule has 29 nitrogen and oxygen atoms in total. The topological polar surface area (TPSA) is 409 Å². The Kier molecular flexibility index (Phi) is 40.5. The van der Waals surface area contributed by atoms with Gasteiger partial charge < -0.3 is 138 Å². The van der Waals surface area contributed by atoms with Crippen molar-refractivity contribution >= 4 is 92.2 Å². The summed E-state index contributed by atoms with van der Waals surface area (Å²) in [4.78, 5) is 76.9. The Morgan fingerprint density at radius 2 is 0.946 bits per heavy atom. The van der Waals surface area contributed by atoms with Crippen molar-refractivity contribution in [1.82, 2.24) is 21.3 Å². The van der Waals surface area contributed by atoms with Crippen LogP contribution < -0.4 is 80.5 Å². The van der Waals surface area contributed by atoms with E-state index >= 15 is 0 Å². The van der Waals surface area contributed by atoms with E-state index in [1.54, 1.807) is 11.3 Å². The van der Waals surface area contributed by atoms with Crippen LogP contribution in [0.25, 0.3) is 0 Å². The van der Waals surface area contributed by atoms with Gasteiger partial charge in [0, 0.05) is 74.6 Å². The molecular weight excluding hydrogens is 1510 g/mol. The third-order valence-electron chi connectivity index (χ3n) is 13.6. The van der Waals surface area contributed by atoms with Crippen LogP contribution in [0, 0.1) is 2.88 Å². The molecule has 3 aromatic heterocycles. The van der Waals surface area contributed by atoms with Crippen LogP contribution in [0.2, 0.25) is 0 Å². The van der Waals surface area contributed by atoms with Gasteiger partial charge in [0.15, 0.2) is 37.4 Å². The molecule has 8 unspecified atom stereocenters. The maximum Gasteiger partial charge on any atom is 1.00 e. The summed E-state index contributed by atoms with van der Waals surface area (Å²) in [6.45, 7) is 12.6. The number of hydrogen-bond acceptors (Lipinski definition) is 28. The number of thiophene rings is 3. The second-order valence-electron chi connectivity index (χ2n) is 20.2. The van der Waals surface area contributed by atoms with Crippen LogP contribution in [0.3, 0.4) is 0 Å². The first-order valence-corrected chi connectivity index (χ1v) is 30.8. The summed E-state index contributed by atoms with van der Waals surface area (Å²) in [5.41, 5.74) is 5.56. The Labute approximate surface area is 599 Å². The van der Waals surface area contributed by atoms with Crippen molar-refractivity contribution in [3.05, 3.63) is 89.0 Å². The number of halogens is 2. The predicted octanol–water partition coefficient (Wildman–Crippen LogP) is -5.77. The summed E-state index contributed by atoms with van der Waals surface area (Å²) in [6.07, 6.45) is -26.0. The van der Waals surface area contributed by atoms with E-state index in [-0.39, 0.29) is 92.6 Å². The minimum atomic E-state index is -1.73. The van der Waals surface area contributed by atoms with E-state index in [0.29, 0.717) is 6.54 Å². The average Bonchev–Trinajstić information content (AvgIpc) is 0.856. The number of carbonyl (C=O) groups excluding carboxylic acids is 6. The fourth-order valence-electron chi connectivity index (χ4n) is 9.17. The van der Waals surface area contributed by atoms with Gasteiger partial charge in [-0.3, -0.25) is 19.2 Å². The summed E-state index contributed by atoms with van der Waals surface area (Å²) in [5, 5.41) is 80.0. The third-order valence-corrected chi connectivity index (χ3v) is 17.3. The van der Waals surface area contributed by atoms with Gasteiger partial charge in [-0.25, -0.2) is 9.59 Å². The molecule has 7 heterocycles. The minimum absolute atomic E-state index is 0. The van der Waals surface area contributed by atoms with Crippen LogP contribution >= 0.6 is 56.6 Å². The van der Waals surface area contributed by atoms with E-state index in [0.717, 1.165) is 12.6 Å². The van der Waals surface area contributed by atoms with Gasteiger partial charge in [-0.05, 0) is 71.5 Å². The first-order valence-electron chi connectivity index (χ1n) is 27.1. The first-order chi connectivity index (χ1) is 41.8. The van der Waals surface area contributed by atoms with Gasteiger partial charge in [0.05, 0.1) is 16.0 Å². The molecule has 0 spiro atoms. The zero-order valence-corrected chi connectivity index (χ0v) is 59.5. The molecule has 0 radical (unpaired) electrons. The first kappa shape index (κ1) is 87.2. The average molecular weight is 1600 g/mol. The Morgan fingerprint density at radius 1 is 0.554 bits per heavy atom. The van der Waals surface area contributed by atoms with E-state index < -0.39 is 171 Å². The number of nitrogens with two attached hydrogens (primary N) is 1. The van der Waals surface area contributed by atoms with E-state index in [1.165, 1.54) is 83.7 Å². The molecular formula is C57H86I2N5NaO24S3. The largest absolute Gasteiger partial charge is 1.00 e. The molecule has 4 aliphatic heterocycles. The van der Waals surface area contributed by atoms with Crippen molar-refractivity contribution in [3.63, 3.8) is 0 Å². The molecule has 0 bridgehead atoms. The molecule has 20 atom stereocenters. The minimum Gasteiger partial charge on any atom is -1.00 e. The number of nitrogens with one attached hydrogen (secondary N) is 4. The zero-order chi connectivity index (χ0) is 65.1. The number of aliphatic hydroxyl groups is 6. The van der Waals surface area contributed by atoms with Crippen LogP contribution in [0.15, 0.2) is 71.5 Å². The molecule has 12 N–H and O–H groups in total. The number of carbonyl (C=O) groups is 6. The van der Waals surface area contributed by atoms with Crippen molar-refractivity contribution in [3.8, 4) is 0 Å². The molecule has 0 aliphatic carbocycles. The second kappa shape index (κ2) is 42.8. The Morgan fingerprint density at radius 3 is 1.25 bits per heavy atom. The molecule has 92 heavy (non-hydrogen) atoms. The molecule has 4 amide bonds. The monoisotopic (exact) mass is 1600 g/mol. The molecule has 4 saturated heterocycles.